The molecule has 2 aliphatic rings. The van der Waals surface area contributed by atoms with Crippen molar-refractivity contribution in [2.45, 2.75) is 12.6 Å². The second-order valence-electron chi connectivity index (χ2n) is 4.26. The maximum absolute atomic E-state index is 12.1. The van der Waals surface area contributed by atoms with Crippen LogP contribution in [0.3, 0.4) is 0 Å². The fourth-order valence-corrected chi connectivity index (χ4v) is 3.09. The maximum atomic E-state index is 12.1. The molecule has 0 aliphatic carbocycles. The van der Waals surface area contributed by atoms with E-state index < -0.39 is 0 Å². The number of rotatable bonds is 0. The highest BCUT2D eigenvalue weighted by atomic mass is 79.9. The molecular formula is C11H11Br2N5O. The fourth-order valence-electron chi connectivity index (χ4n) is 2.19. The van der Waals surface area contributed by atoms with Crippen LogP contribution in [-0.2, 0) is 0 Å². The van der Waals surface area contributed by atoms with Crippen LogP contribution in [0.2, 0.25) is 0 Å². The summed E-state index contributed by atoms with van der Waals surface area (Å²) >= 11 is 6.90. The molecule has 8 heteroatoms. The summed E-state index contributed by atoms with van der Waals surface area (Å²) in [6.07, 6.45) is 2.40. The Labute approximate surface area is 126 Å². The van der Waals surface area contributed by atoms with Crippen LogP contribution in [0.5, 0.6) is 0 Å². The molecule has 1 amide bonds. The van der Waals surface area contributed by atoms with E-state index in [1.54, 1.807) is 6.07 Å². The van der Waals surface area contributed by atoms with Crippen LogP contribution < -0.4 is 16.4 Å². The zero-order valence-corrected chi connectivity index (χ0v) is 13.0. The van der Waals surface area contributed by atoms with Gasteiger partial charge in [0.2, 0.25) is 0 Å². The van der Waals surface area contributed by atoms with Crippen LogP contribution in [-0.4, -0.2) is 23.0 Å². The average molecular weight is 389 g/mol. The summed E-state index contributed by atoms with van der Waals surface area (Å²) in [5.41, 5.74) is 7.17. The van der Waals surface area contributed by atoms with Gasteiger partial charge in [0.05, 0.1) is 10.2 Å². The number of aliphatic imine (C=N–C) groups is 1. The topological polar surface area (TPSA) is 84.4 Å². The van der Waals surface area contributed by atoms with Gasteiger partial charge >= 0.3 is 0 Å². The molecule has 2 aliphatic heterocycles. The molecule has 0 aromatic carbocycles. The number of nitrogens with one attached hydrogen (secondary N) is 2. The summed E-state index contributed by atoms with van der Waals surface area (Å²) in [5.74, 6) is 0.238. The molecule has 0 bridgehead atoms. The van der Waals surface area contributed by atoms with Crippen LogP contribution in [0, 0.1) is 0 Å². The molecule has 1 atom stereocenters. The molecule has 0 radical (unpaired) electrons. The van der Waals surface area contributed by atoms with E-state index in [9.17, 15) is 4.79 Å². The number of halogens is 2. The van der Waals surface area contributed by atoms with E-state index in [1.807, 2.05) is 10.6 Å². The highest BCUT2D eigenvalue weighted by Crippen LogP contribution is 2.35. The van der Waals surface area contributed by atoms with E-state index in [4.69, 9.17) is 5.73 Å². The average Bonchev–Trinajstić information content (AvgIpc) is 2.86. The molecule has 3 heterocycles. The number of guanidine groups is 1. The lowest BCUT2D eigenvalue weighted by Gasteiger charge is -2.15. The molecule has 1 aromatic heterocycles. The van der Waals surface area contributed by atoms with Crippen LogP contribution in [0.1, 0.15) is 23.1 Å². The molecule has 0 spiro atoms. The van der Waals surface area contributed by atoms with Gasteiger partial charge in [-0.3, -0.25) is 4.79 Å². The Bertz CT molecular complexity index is 619. The number of fused-ring (bicyclic) bond motifs is 3. The second-order valence-corrected chi connectivity index (χ2v) is 5.86. The minimum absolute atomic E-state index is 0.123. The number of hydrogen-bond donors (Lipinski definition) is 3. The molecule has 4 N–H and O–H groups in total. The van der Waals surface area contributed by atoms with Crippen LogP contribution >= 0.6 is 31.9 Å². The third-order valence-corrected chi connectivity index (χ3v) is 4.96. The third kappa shape index (κ3) is 2.08. The molecule has 3 rings (SSSR count). The quantitative estimate of drug-likeness (QED) is 0.628. The maximum Gasteiger partial charge on any atom is 0.268 e. The molecular weight excluding hydrogens is 378 g/mol. The van der Waals surface area contributed by atoms with Crippen LogP contribution in [0.15, 0.2) is 31.9 Å². The Kier molecular flexibility index (Phi) is 3.14. The van der Waals surface area contributed by atoms with Crippen molar-refractivity contribution in [3.05, 3.63) is 32.6 Å². The van der Waals surface area contributed by atoms with E-state index in [-0.39, 0.29) is 12.1 Å². The van der Waals surface area contributed by atoms with Crippen molar-refractivity contribution in [1.82, 2.24) is 15.2 Å². The van der Waals surface area contributed by atoms with Gasteiger partial charge in [0.1, 0.15) is 10.3 Å². The van der Waals surface area contributed by atoms with E-state index in [2.05, 4.69) is 47.5 Å². The number of hydrogen-bond acceptors (Lipinski definition) is 4. The van der Waals surface area contributed by atoms with Crippen molar-refractivity contribution in [3.63, 3.8) is 0 Å². The van der Waals surface area contributed by atoms with Crippen LogP contribution in [0.25, 0.3) is 0 Å². The minimum Gasteiger partial charge on any atom is -0.370 e. The first-order valence-electron chi connectivity index (χ1n) is 5.72. The number of amides is 1. The smallest absolute Gasteiger partial charge is 0.268 e. The molecule has 100 valence electrons. The Morgan fingerprint density at radius 2 is 2.26 bits per heavy atom. The summed E-state index contributed by atoms with van der Waals surface area (Å²) in [7, 11) is 0. The molecule has 0 saturated heterocycles. The lowest BCUT2D eigenvalue weighted by atomic mass is 10.3. The zero-order chi connectivity index (χ0) is 13.6. The standard InChI is InChI=1S/C11H11Br2N5O/c12-5-4-7-10(19)15-3-1-2-6-9(17-11(14)16-6)18(7)8(5)13/h2,4,9H,1,3H2,(H,15,19)(H3,14,16,17)/b6-2+/t9-/m0/s1. The van der Waals surface area contributed by atoms with Gasteiger partial charge in [-0.15, -0.1) is 0 Å². The van der Waals surface area contributed by atoms with E-state index in [1.165, 1.54) is 0 Å². The first kappa shape index (κ1) is 12.7. The number of carbonyl (C=O) groups excluding carboxylic acids is 1. The summed E-state index contributed by atoms with van der Waals surface area (Å²) in [6, 6.07) is 1.77. The molecule has 6 nitrogen and oxygen atoms in total. The SMILES string of the molecule is NC1=N[C@@H]2/C(=C\CCNC(=O)c3cc(Br)c(Br)n32)N1. The van der Waals surface area contributed by atoms with Crippen molar-refractivity contribution in [3.8, 4) is 0 Å². The van der Waals surface area contributed by atoms with Gasteiger partial charge < -0.3 is 20.9 Å². The van der Waals surface area contributed by atoms with Crippen molar-refractivity contribution in [2.24, 2.45) is 10.7 Å². The monoisotopic (exact) mass is 387 g/mol. The lowest BCUT2D eigenvalue weighted by Crippen LogP contribution is -2.26. The predicted octanol–water partition coefficient (Wildman–Crippen LogP) is 1.45. The van der Waals surface area contributed by atoms with Gasteiger partial charge in [-0.25, -0.2) is 4.99 Å². The van der Waals surface area contributed by atoms with Gasteiger partial charge in [-0.2, -0.15) is 0 Å². The van der Waals surface area contributed by atoms with Crippen molar-refractivity contribution in [1.29, 1.82) is 0 Å². The normalized spacial score (nSPS) is 24.7. The fraction of sp³-hybridized carbons (Fsp3) is 0.273. The largest absolute Gasteiger partial charge is 0.370 e. The van der Waals surface area contributed by atoms with Crippen molar-refractivity contribution >= 4 is 43.7 Å². The summed E-state index contributed by atoms with van der Waals surface area (Å²) in [6.45, 7) is 0.580. The van der Waals surface area contributed by atoms with Gasteiger partial charge in [0.15, 0.2) is 12.1 Å². The van der Waals surface area contributed by atoms with Gasteiger partial charge in [-0.05, 0) is 44.3 Å². The molecule has 0 fully saturated rings. The minimum atomic E-state index is -0.334. The van der Waals surface area contributed by atoms with Gasteiger partial charge in [0.25, 0.3) is 5.91 Å². The Balaban J connectivity index is 2.21. The van der Waals surface area contributed by atoms with Crippen molar-refractivity contribution in [2.75, 3.05) is 6.54 Å². The second kappa shape index (κ2) is 4.68. The van der Waals surface area contributed by atoms with E-state index in [0.717, 1.165) is 21.2 Å². The first-order valence-corrected chi connectivity index (χ1v) is 7.31. The molecule has 1 aromatic rings. The van der Waals surface area contributed by atoms with E-state index >= 15 is 0 Å². The predicted molar refractivity (Wildman–Crippen MR) is 78.7 cm³/mol. The summed E-state index contributed by atoms with van der Waals surface area (Å²) in [4.78, 5) is 16.5. The molecule has 0 saturated carbocycles. The molecule has 19 heavy (non-hydrogen) atoms. The number of nitrogens with zero attached hydrogens (tertiary/aromatic N) is 2. The zero-order valence-electron chi connectivity index (χ0n) is 9.78. The first-order chi connectivity index (χ1) is 9.08. The van der Waals surface area contributed by atoms with Gasteiger partial charge in [0, 0.05) is 6.54 Å². The summed E-state index contributed by atoms with van der Waals surface area (Å²) in [5, 5.41) is 5.90. The summed E-state index contributed by atoms with van der Waals surface area (Å²) < 4.78 is 3.37. The van der Waals surface area contributed by atoms with Gasteiger partial charge in [-0.1, -0.05) is 6.08 Å². The Hall–Kier alpha value is -1.28. The van der Waals surface area contributed by atoms with Crippen LogP contribution in [0.4, 0.5) is 0 Å². The van der Waals surface area contributed by atoms with Crippen molar-refractivity contribution < 1.29 is 4.79 Å². The Morgan fingerprint density at radius 1 is 1.47 bits per heavy atom. The highest BCUT2D eigenvalue weighted by molar-refractivity contribution is 9.13. The number of carbonyl (C=O) groups is 1. The third-order valence-electron chi connectivity index (χ3n) is 3.01. The number of aromatic nitrogens is 1. The number of nitrogens with two attached hydrogens (primary N) is 1. The van der Waals surface area contributed by atoms with E-state index in [0.29, 0.717) is 18.2 Å². The molecule has 0 unspecified atom stereocenters. The lowest BCUT2D eigenvalue weighted by molar-refractivity contribution is 0.0944. The highest BCUT2D eigenvalue weighted by Gasteiger charge is 2.30. The Morgan fingerprint density at radius 3 is 3.05 bits per heavy atom.